The third-order valence-electron chi connectivity index (χ3n) is 5.64. The second-order valence-electron chi connectivity index (χ2n) is 7.52. The minimum atomic E-state index is -3.39. The van der Waals surface area contributed by atoms with Crippen molar-refractivity contribution in [2.24, 2.45) is 5.92 Å². The van der Waals surface area contributed by atoms with E-state index in [2.05, 4.69) is 11.8 Å². The summed E-state index contributed by atoms with van der Waals surface area (Å²) in [6.07, 6.45) is 5.50. The first-order valence-electron chi connectivity index (χ1n) is 9.25. The van der Waals surface area contributed by atoms with Crippen molar-refractivity contribution in [1.82, 2.24) is 13.5 Å². The highest BCUT2D eigenvalue weighted by Gasteiger charge is 2.41. The molecule has 0 aromatic rings. The van der Waals surface area contributed by atoms with Crippen LogP contribution in [0.1, 0.15) is 52.9 Å². The number of nitrogens with zero attached hydrogens (tertiary/aromatic N) is 3. The van der Waals surface area contributed by atoms with Gasteiger partial charge < -0.3 is 4.90 Å². The molecule has 24 heavy (non-hydrogen) atoms. The van der Waals surface area contributed by atoms with Crippen LogP contribution in [-0.4, -0.2) is 59.5 Å². The molecule has 3 heterocycles. The van der Waals surface area contributed by atoms with Gasteiger partial charge in [0.05, 0.1) is 5.37 Å². The lowest BCUT2D eigenvalue weighted by molar-refractivity contribution is 0.178. The Hall–Kier alpha value is -0.240. The van der Waals surface area contributed by atoms with Gasteiger partial charge in [-0.15, -0.1) is 11.8 Å². The SMILES string of the molecule is CC1=CSC(C)N1S(=O)(=O)N1CCCC1CCN1CCC(C)CC1. The fourth-order valence-corrected chi connectivity index (χ4v) is 7.38. The summed E-state index contributed by atoms with van der Waals surface area (Å²) in [4.78, 5) is 2.52. The van der Waals surface area contributed by atoms with Crippen LogP contribution in [0.5, 0.6) is 0 Å². The predicted molar refractivity (Wildman–Crippen MR) is 101 cm³/mol. The van der Waals surface area contributed by atoms with Crippen LogP contribution in [0.2, 0.25) is 0 Å². The highest BCUT2D eigenvalue weighted by Crippen LogP contribution is 2.36. The van der Waals surface area contributed by atoms with E-state index in [1.54, 1.807) is 20.4 Å². The van der Waals surface area contributed by atoms with Gasteiger partial charge in [-0.2, -0.15) is 12.7 Å². The molecule has 0 radical (unpaired) electrons. The first kappa shape index (κ1) is 18.5. The Bertz CT molecular complexity index is 570. The van der Waals surface area contributed by atoms with E-state index in [9.17, 15) is 8.42 Å². The van der Waals surface area contributed by atoms with Crippen molar-refractivity contribution in [2.75, 3.05) is 26.2 Å². The molecular weight excluding hydrogens is 342 g/mol. The highest BCUT2D eigenvalue weighted by molar-refractivity contribution is 8.03. The van der Waals surface area contributed by atoms with Gasteiger partial charge in [0, 0.05) is 18.3 Å². The molecular formula is C17H31N3O2S2. The quantitative estimate of drug-likeness (QED) is 0.743. The third-order valence-corrected chi connectivity index (χ3v) is 9.03. The summed E-state index contributed by atoms with van der Waals surface area (Å²) in [5.41, 5.74) is 0.850. The molecule has 3 aliphatic heterocycles. The molecule has 0 saturated carbocycles. The van der Waals surface area contributed by atoms with E-state index in [1.165, 1.54) is 25.9 Å². The molecule has 3 aliphatic rings. The third kappa shape index (κ3) is 3.79. The highest BCUT2D eigenvalue weighted by atomic mass is 32.2. The largest absolute Gasteiger partial charge is 0.305 e. The Kier molecular flexibility index (Phi) is 5.84. The summed E-state index contributed by atoms with van der Waals surface area (Å²) in [7, 11) is -3.39. The minimum Gasteiger partial charge on any atom is -0.303 e. The minimum absolute atomic E-state index is 0.0279. The van der Waals surface area contributed by atoms with Crippen molar-refractivity contribution in [1.29, 1.82) is 0 Å². The van der Waals surface area contributed by atoms with Gasteiger partial charge in [-0.1, -0.05) is 6.92 Å². The van der Waals surface area contributed by atoms with Gasteiger partial charge >= 0.3 is 10.2 Å². The van der Waals surface area contributed by atoms with Crippen molar-refractivity contribution in [2.45, 2.75) is 64.3 Å². The monoisotopic (exact) mass is 373 g/mol. The summed E-state index contributed by atoms with van der Waals surface area (Å²) in [5.74, 6) is 0.841. The molecule has 2 saturated heterocycles. The fraction of sp³-hybridized carbons (Fsp3) is 0.882. The predicted octanol–water partition coefficient (Wildman–Crippen LogP) is 3.07. The fourth-order valence-electron chi connectivity index (χ4n) is 4.09. The van der Waals surface area contributed by atoms with Crippen LogP contribution < -0.4 is 0 Å². The second-order valence-corrected chi connectivity index (χ2v) is 10.5. The molecule has 0 aromatic heterocycles. The van der Waals surface area contributed by atoms with Gasteiger partial charge in [-0.25, -0.2) is 4.31 Å². The van der Waals surface area contributed by atoms with E-state index in [4.69, 9.17) is 0 Å². The van der Waals surface area contributed by atoms with Crippen molar-refractivity contribution < 1.29 is 8.42 Å². The molecule has 0 amide bonds. The molecule has 2 unspecified atom stereocenters. The molecule has 0 spiro atoms. The molecule has 5 nitrogen and oxygen atoms in total. The van der Waals surface area contributed by atoms with Crippen LogP contribution >= 0.6 is 11.8 Å². The smallest absolute Gasteiger partial charge is 0.303 e. The number of piperidine rings is 1. The number of hydrogen-bond acceptors (Lipinski definition) is 4. The zero-order valence-corrected chi connectivity index (χ0v) is 16.8. The Morgan fingerprint density at radius 3 is 2.50 bits per heavy atom. The molecule has 3 rings (SSSR count). The van der Waals surface area contributed by atoms with E-state index in [0.717, 1.165) is 37.4 Å². The van der Waals surface area contributed by atoms with Crippen LogP contribution in [0.4, 0.5) is 0 Å². The van der Waals surface area contributed by atoms with Gasteiger partial charge in [0.2, 0.25) is 0 Å². The first-order valence-corrected chi connectivity index (χ1v) is 11.6. The molecule has 2 fully saturated rings. The normalized spacial score (nSPS) is 31.0. The number of likely N-dealkylation sites (tertiary alicyclic amines) is 1. The number of allylic oxidation sites excluding steroid dienone is 1. The van der Waals surface area contributed by atoms with Crippen LogP contribution in [-0.2, 0) is 10.2 Å². The lowest BCUT2D eigenvalue weighted by Crippen LogP contribution is -2.47. The summed E-state index contributed by atoms with van der Waals surface area (Å²) in [6, 6.07) is 0.167. The molecule has 2 atom stereocenters. The average Bonchev–Trinajstić information content (AvgIpc) is 3.14. The van der Waals surface area contributed by atoms with Crippen LogP contribution in [0, 0.1) is 5.92 Å². The van der Waals surface area contributed by atoms with Crippen molar-refractivity contribution in [3.8, 4) is 0 Å². The van der Waals surface area contributed by atoms with Crippen molar-refractivity contribution in [3.05, 3.63) is 11.1 Å². The van der Waals surface area contributed by atoms with E-state index < -0.39 is 10.2 Å². The number of rotatable bonds is 5. The van der Waals surface area contributed by atoms with Gasteiger partial charge in [0.15, 0.2) is 0 Å². The van der Waals surface area contributed by atoms with Crippen molar-refractivity contribution in [3.63, 3.8) is 0 Å². The average molecular weight is 374 g/mol. The van der Waals surface area contributed by atoms with Crippen LogP contribution in [0.3, 0.4) is 0 Å². The molecule has 7 heteroatoms. The zero-order chi connectivity index (χ0) is 17.3. The number of hydrogen-bond donors (Lipinski definition) is 0. The lowest BCUT2D eigenvalue weighted by Gasteiger charge is -2.34. The summed E-state index contributed by atoms with van der Waals surface area (Å²) in [5, 5.41) is 1.93. The standard InChI is InChI=1S/C17H31N3O2S2/c1-14-6-10-18(11-7-14)12-8-17-5-4-9-19(17)24(21,22)20-15(2)13-23-16(20)3/h13-14,16-17H,4-12H2,1-3H3. The Morgan fingerprint density at radius 1 is 1.17 bits per heavy atom. The van der Waals surface area contributed by atoms with Gasteiger partial charge in [0.1, 0.15) is 0 Å². The molecule has 0 bridgehead atoms. The Morgan fingerprint density at radius 2 is 1.88 bits per heavy atom. The van der Waals surface area contributed by atoms with Crippen molar-refractivity contribution >= 4 is 22.0 Å². The van der Waals surface area contributed by atoms with Crippen LogP contribution in [0.15, 0.2) is 11.1 Å². The second kappa shape index (κ2) is 7.56. The van der Waals surface area contributed by atoms with E-state index >= 15 is 0 Å². The molecule has 0 aromatic carbocycles. The van der Waals surface area contributed by atoms with E-state index in [-0.39, 0.29) is 11.4 Å². The summed E-state index contributed by atoms with van der Waals surface area (Å²) in [6.45, 7) is 10.2. The van der Waals surface area contributed by atoms with E-state index in [1.807, 2.05) is 19.3 Å². The van der Waals surface area contributed by atoms with Gasteiger partial charge in [0.25, 0.3) is 0 Å². The Balaban J connectivity index is 1.61. The van der Waals surface area contributed by atoms with Gasteiger partial charge in [-0.05, 0) is 76.9 Å². The maximum absolute atomic E-state index is 13.1. The lowest BCUT2D eigenvalue weighted by atomic mass is 9.99. The zero-order valence-electron chi connectivity index (χ0n) is 15.1. The maximum atomic E-state index is 13.1. The van der Waals surface area contributed by atoms with Gasteiger partial charge in [-0.3, -0.25) is 0 Å². The number of thioether (sulfide) groups is 1. The first-order chi connectivity index (χ1) is 11.4. The van der Waals surface area contributed by atoms with E-state index in [0.29, 0.717) is 6.54 Å². The molecule has 138 valence electrons. The summed E-state index contributed by atoms with van der Waals surface area (Å²) >= 11 is 1.59. The maximum Gasteiger partial charge on any atom is 0.305 e. The summed E-state index contributed by atoms with van der Waals surface area (Å²) < 4.78 is 29.7. The van der Waals surface area contributed by atoms with Crippen LogP contribution in [0.25, 0.3) is 0 Å². The molecule has 0 N–H and O–H groups in total. The molecule has 0 aliphatic carbocycles. The topological polar surface area (TPSA) is 43.9 Å². The Labute approximate surface area is 151 Å².